The van der Waals surface area contributed by atoms with Gasteiger partial charge in [-0.1, -0.05) is 23.7 Å². The number of amides is 1. The van der Waals surface area contributed by atoms with Crippen LogP contribution >= 0.6 is 11.6 Å². The summed E-state index contributed by atoms with van der Waals surface area (Å²) >= 11 is 6.14. The number of halogens is 1. The van der Waals surface area contributed by atoms with Crippen LogP contribution in [0, 0.1) is 0 Å². The second-order valence-electron chi connectivity index (χ2n) is 6.37. The number of nitrogens with zero attached hydrogens (tertiary/aromatic N) is 2. The van der Waals surface area contributed by atoms with Crippen molar-refractivity contribution in [2.24, 2.45) is 5.73 Å². The molecule has 3 rings (SSSR count). The largest absolute Gasteiger partial charge is 0.495 e. The maximum absolute atomic E-state index is 12.9. The minimum atomic E-state index is -0.612. The van der Waals surface area contributed by atoms with E-state index in [-0.39, 0.29) is 24.7 Å². The first-order valence-corrected chi connectivity index (χ1v) is 9.42. The lowest BCUT2D eigenvalue weighted by molar-refractivity contribution is -0.116. The Labute approximate surface area is 176 Å². The van der Waals surface area contributed by atoms with Crippen LogP contribution < -0.4 is 31.8 Å². The summed E-state index contributed by atoms with van der Waals surface area (Å²) in [5, 5.41) is 3.29. The molecule has 9 nitrogen and oxygen atoms in total. The second-order valence-corrected chi connectivity index (χ2v) is 6.77. The van der Waals surface area contributed by atoms with Crippen molar-refractivity contribution in [3.05, 3.63) is 62.3 Å². The number of carbonyl (C=O) groups is 1. The van der Waals surface area contributed by atoms with Crippen molar-refractivity contribution in [1.82, 2.24) is 9.13 Å². The molecule has 1 aromatic heterocycles. The van der Waals surface area contributed by atoms with E-state index in [4.69, 9.17) is 26.8 Å². The maximum Gasteiger partial charge on any atom is 0.331 e. The highest BCUT2D eigenvalue weighted by Crippen LogP contribution is 2.35. The van der Waals surface area contributed by atoms with Crippen molar-refractivity contribution in [3.63, 3.8) is 0 Å². The van der Waals surface area contributed by atoms with Crippen LogP contribution in [0.15, 0.2) is 46.0 Å². The molecule has 0 spiro atoms. The molecule has 0 fully saturated rings. The van der Waals surface area contributed by atoms with Crippen LogP contribution in [-0.2, 0) is 17.9 Å². The lowest BCUT2D eigenvalue weighted by atomic mass is 10.2. The minimum absolute atomic E-state index is 0.0476. The van der Waals surface area contributed by atoms with Crippen molar-refractivity contribution in [1.29, 1.82) is 0 Å². The summed E-state index contributed by atoms with van der Waals surface area (Å²) < 4.78 is 12.7. The van der Waals surface area contributed by atoms with E-state index < -0.39 is 17.2 Å². The van der Waals surface area contributed by atoms with Crippen molar-refractivity contribution in [3.8, 4) is 11.5 Å². The molecule has 0 bridgehead atoms. The zero-order valence-corrected chi connectivity index (χ0v) is 17.2. The van der Waals surface area contributed by atoms with Crippen molar-refractivity contribution in [2.75, 3.05) is 26.1 Å². The average molecular weight is 433 g/mol. The van der Waals surface area contributed by atoms with E-state index in [1.165, 1.54) is 24.9 Å². The summed E-state index contributed by atoms with van der Waals surface area (Å²) in [5.74, 6) is 0.234. The van der Waals surface area contributed by atoms with Crippen molar-refractivity contribution < 1.29 is 14.3 Å². The molecule has 0 aliphatic rings. The number of fused-ring (bicyclic) bond motifs is 1. The Morgan fingerprint density at radius 3 is 2.47 bits per heavy atom. The summed E-state index contributed by atoms with van der Waals surface area (Å²) in [4.78, 5) is 38.2. The van der Waals surface area contributed by atoms with E-state index >= 15 is 0 Å². The smallest absolute Gasteiger partial charge is 0.331 e. The second kappa shape index (κ2) is 9.02. The van der Waals surface area contributed by atoms with E-state index in [1.54, 1.807) is 30.3 Å². The monoisotopic (exact) mass is 432 g/mol. The number of ether oxygens (including phenoxy) is 2. The lowest BCUT2D eigenvalue weighted by Crippen LogP contribution is -2.43. The third kappa shape index (κ3) is 4.03. The van der Waals surface area contributed by atoms with Gasteiger partial charge >= 0.3 is 5.69 Å². The maximum atomic E-state index is 12.9. The molecule has 1 heterocycles. The lowest BCUT2D eigenvalue weighted by Gasteiger charge is -2.15. The summed E-state index contributed by atoms with van der Waals surface area (Å²) in [6, 6.07) is 9.63. The number of hydrogen-bond acceptors (Lipinski definition) is 6. The van der Waals surface area contributed by atoms with Crippen molar-refractivity contribution >= 4 is 34.1 Å². The predicted octanol–water partition coefficient (Wildman–Crippen LogP) is 1.43. The average Bonchev–Trinajstić information content (AvgIpc) is 2.74. The highest BCUT2D eigenvalue weighted by atomic mass is 35.5. The van der Waals surface area contributed by atoms with Gasteiger partial charge in [0.2, 0.25) is 5.91 Å². The number of carbonyl (C=O) groups excluding carboxylic acids is 1. The topological polar surface area (TPSA) is 118 Å². The van der Waals surface area contributed by atoms with Gasteiger partial charge in [0, 0.05) is 19.2 Å². The third-order valence-electron chi connectivity index (χ3n) is 4.53. The Kier molecular flexibility index (Phi) is 6.43. The molecule has 0 atom stereocenters. The fourth-order valence-electron chi connectivity index (χ4n) is 3.14. The zero-order chi connectivity index (χ0) is 21.8. The number of methoxy groups -OCH3 is 2. The van der Waals surface area contributed by atoms with Crippen LogP contribution in [0.3, 0.4) is 0 Å². The van der Waals surface area contributed by atoms with Gasteiger partial charge in [-0.3, -0.25) is 18.7 Å². The van der Waals surface area contributed by atoms with Crippen LogP contribution in [0.2, 0.25) is 5.02 Å². The van der Waals surface area contributed by atoms with Crippen LogP contribution in [0.5, 0.6) is 11.5 Å². The number of anilines is 1. The molecule has 30 heavy (non-hydrogen) atoms. The Morgan fingerprint density at radius 2 is 1.80 bits per heavy atom. The molecule has 1 amide bonds. The number of hydrogen-bond donors (Lipinski definition) is 2. The predicted molar refractivity (Wildman–Crippen MR) is 115 cm³/mol. The summed E-state index contributed by atoms with van der Waals surface area (Å²) in [7, 11) is 2.91. The molecule has 3 aromatic rings. The number of nitrogens with one attached hydrogen (secondary N) is 1. The number of nitrogens with two attached hydrogens (primary N) is 1. The molecule has 10 heteroatoms. The van der Waals surface area contributed by atoms with Crippen LogP contribution in [-0.4, -0.2) is 35.8 Å². The number of rotatable bonds is 7. The molecule has 3 N–H and O–H groups in total. The molecule has 158 valence electrons. The highest BCUT2D eigenvalue weighted by Gasteiger charge is 2.17. The standard InChI is InChI=1S/C20H21ClN4O5/c1-29-16-10-17(30-2)14(9-13(16)21)23-18(26)11-25-15-6-4-3-5-12(15)19(27)24(8-7-22)20(25)28/h3-6,9-10H,7-8,11,22H2,1-2H3,(H,23,26). The van der Waals surface area contributed by atoms with Gasteiger partial charge in [-0.05, 0) is 18.2 Å². The van der Waals surface area contributed by atoms with Gasteiger partial charge in [0.1, 0.15) is 18.0 Å². The zero-order valence-electron chi connectivity index (χ0n) is 16.5. The molecule has 0 unspecified atom stereocenters. The van der Waals surface area contributed by atoms with E-state index in [2.05, 4.69) is 5.32 Å². The first kappa shape index (κ1) is 21.4. The summed E-state index contributed by atoms with van der Waals surface area (Å²) in [6.07, 6.45) is 0. The summed E-state index contributed by atoms with van der Waals surface area (Å²) in [5.41, 5.74) is 5.16. The van der Waals surface area contributed by atoms with Gasteiger partial charge in [-0.2, -0.15) is 0 Å². The van der Waals surface area contributed by atoms with Gasteiger partial charge in [-0.15, -0.1) is 0 Å². The Bertz CT molecular complexity index is 1220. The first-order chi connectivity index (χ1) is 14.4. The van der Waals surface area contributed by atoms with Gasteiger partial charge in [-0.25, -0.2) is 4.79 Å². The van der Waals surface area contributed by atoms with E-state index in [0.717, 1.165) is 4.57 Å². The van der Waals surface area contributed by atoms with Crippen LogP contribution in [0.4, 0.5) is 5.69 Å². The van der Waals surface area contributed by atoms with Gasteiger partial charge in [0.25, 0.3) is 5.56 Å². The van der Waals surface area contributed by atoms with E-state index in [9.17, 15) is 14.4 Å². The molecule has 2 aromatic carbocycles. The van der Waals surface area contributed by atoms with Gasteiger partial charge in [0.05, 0.1) is 35.8 Å². The van der Waals surface area contributed by atoms with Gasteiger partial charge in [0.15, 0.2) is 0 Å². The Hall–Kier alpha value is -3.30. The summed E-state index contributed by atoms with van der Waals surface area (Å²) in [6.45, 7) is -0.162. The molecule has 0 aliphatic carbocycles. The highest BCUT2D eigenvalue weighted by molar-refractivity contribution is 6.32. The number of aromatic nitrogens is 2. The van der Waals surface area contributed by atoms with Crippen molar-refractivity contribution in [2.45, 2.75) is 13.1 Å². The fraction of sp³-hybridized carbons (Fsp3) is 0.250. The third-order valence-corrected chi connectivity index (χ3v) is 4.83. The Balaban J connectivity index is 2.01. The normalized spacial score (nSPS) is 10.8. The SMILES string of the molecule is COc1cc(OC)c(NC(=O)Cn2c(=O)n(CCN)c(=O)c3ccccc32)cc1Cl. The quantitative estimate of drug-likeness (QED) is 0.583. The molecule has 0 radical (unpaired) electrons. The first-order valence-electron chi connectivity index (χ1n) is 9.05. The molecular weight excluding hydrogens is 412 g/mol. The molecule has 0 saturated carbocycles. The van der Waals surface area contributed by atoms with Crippen LogP contribution in [0.25, 0.3) is 10.9 Å². The molecular formula is C20H21ClN4O5. The Morgan fingerprint density at radius 1 is 1.10 bits per heavy atom. The number of para-hydroxylation sites is 1. The fourth-order valence-corrected chi connectivity index (χ4v) is 3.38. The van der Waals surface area contributed by atoms with Gasteiger partial charge < -0.3 is 20.5 Å². The number of benzene rings is 2. The van der Waals surface area contributed by atoms with Crippen LogP contribution in [0.1, 0.15) is 0 Å². The van der Waals surface area contributed by atoms with E-state index in [1.807, 2.05) is 0 Å². The minimum Gasteiger partial charge on any atom is -0.495 e. The molecule has 0 aliphatic heterocycles. The molecule has 0 saturated heterocycles. The van der Waals surface area contributed by atoms with E-state index in [0.29, 0.717) is 28.1 Å².